The lowest BCUT2D eigenvalue weighted by molar-refractivity contribution is -0.143. The maximum absolute atomic E-state index is 14.6. The Labute approximate surface area is 840 Å². The maximum Gasteiger partial charge on any atom is 0.305 e. The Hall–Kier alpha value is -12.0. The number of aliphatic hydroxyl groups is 2. The molecule has 812 valence electrons. The van der Waals surface area contributed by atoms with E-state index in [9.17, 15) is 126 Å². The van der Waals surface area contributed by atoms with Crippen molar-refractivity contribution in [2.45, 2.75) is 335 Å². The molecule has 19 atom stereocenters. The molecule has 0 spiro atoms. The molecule has 52 heteroatoms. The van der Waals surface area contributed by atoms with Gasteiger partial charge >= 0.3 is 5.97 Å². The Balaban J connectivity index is 3.38. The fourth-order valence-electron chi connectivity index (χ4n) is 15.0. The number of primary amides is 3. The summed E-state index contributed by atoms with van der Waals surface area (Å²) in [5, 5.41) is 75.1. The molecular formula is C91H161N25O26S. The first-order chi connectivity index (χ1) is 67.1. The molecule has 0 aliphatic carbocycles. The summed E-state index contributed by atoms with van der Waals surface area (Å²) in [6, 6.07) is -25.2. The van der Waals surface area contributed by atoms with Gasteiger partial charge in [0.2, 0.25) is 130 Å². The van der Waals surface area contributed by atoms with E-state index in [1.165, 1.54) is 18.7 Å². The number of rotatable bonds is 71. The lowest BCUT2D eigenvalue weighted by atomic mass is 9.96. The number of nitrogens with two attached hydrogens (primary N) is 6. The summed E-state index contributed by atoms with van der Waals surface area (Å²) in [6.45, 7) is 21.1. The fourth-order valence-corrected chi connectivity index (χ4v) is 15.3. The maximum atomic E-state index is 14.6. The van der Waals surface area contributed by atoms with Gasteiger partial charge in [-0.3, -0.25) is 110 Å². The summed E-state index contributed by atoms with van der Waals surface area (Å²) in [5.74, 6) is -26.8. The average Bonchev–Trinajstić information content (AvgIpc) is 1.67. The number of nitrogens with one attached hydrogen (secondary N) is 18. The molecule has 0 aromatic carbocycles. The Bertz CT molecular complexity index is 4260. The highest BCUT2D eigenvalue weighted by Gasteiger charge is 2.44. The van der Waals surface area contributed by atoms with E-state index in [4.69, 9.17) is 34.4 Å². The molecule has 1 rings (SSSR count). The second-order valence-electron chi connectivity index (χ2n) is 37.8. The molecule has 33 N–H and O–H groups in total. The molecule has 1 aliphatic heterocycles. The van der Waals surface area contributed by atoms with Crippen LogP contribution in [0.2, 0.25) is 0 Å². The van der Waals surface area contributed by atoms with Crippen molar-refractivity contribution in [1.29, 1.82) is 0 Å². The number of hydrogen-bond donors (Lipinski definition) is 28. The predicted octanol–water partition coefficient (Wildman–Crippen LogP) is -8.07. The van der Waals surface area contributed by atoms with Crippen LogP contribution in [0.4, 0.5) is 0 Å². The zero-order valence-electron chi connectivity index (χ0n) is 85.0. The normalized spacial score (nSPS) is 16.2. The minimum atomic E-state index is -1.98. The van der Waals surface area contributed by atoms with Crippen LogP contribution < -0.4 is 130 Å². The van der Waals surface area contributed by atoms with Gasteiger partial charge in [-0.25, -0.2) is 0 Å². The van der Waals surface area contributed by atoms with Gasteiger partial charge in [0.25, 0.3) is 0 Å². The molecule has 0 unspecified atom stereocenters. The number of thiol groups is 1. The molecule has 1 aliphatic rings. The lowest BCUT2D eigenvalue weighted by Crippen LogP contribution is -2.62. The Morgan fingerprint density at radius 2 is 0.692 bits per heavy atom. The van der Waals surface area contributed by atoms with Crippen molar-refractivity contribution in [1.82, 2.24) is 101 Å². The Morgan fingerprint density at radius 3 is 1.11 bits per heavy atom. The minimum absolute atomic E-state index is 0.000838. The number of likely N-dealkylation sites (tertiary alicyclic amines) is 1. The first-order valence-corrected chi connectivity index (χ1v) is 49.4. The van der Waals surface area contributed by atoms with Gasteiger partial charge in [-0.1, -0.05) is 110 Å². The van der Waals surface area contributed by atoms with Gasteiger partial charge in [0.15, 0.2) is 0 Å². The fraction of sp³-hybridized carbons (Fsp3) is 0.747. The first kappa shape index (κ1) is 129. The standard InChI is InChI=1S/C91H161N25O26S/c1-16-50(13)73(89(140)110-62(42-117)84(135)107-61(39-70(124)125)82(133)105-59(37-47(7)8)83(134)113-71(48(9)10)88(139)102-53(75(97)126)25-18-21-31-92)112-69(123)41-99-77(128)60(38-67(96)121)106-80(131)56(29-30-66(95)120)101-68(122)40-98-76(127)57(35-45(3)4)108-90(141)74(51(14)17-2)115-86(137)64(44-143)111-87(138)65-28-24-34-116(65)91(142)72(49(11)12)114-85(136)63(43-118)109-81(132)58(36-46(5)6)104-79(130)55(27-20-23-33-94)103-78(129)54(100-52(15)119)26-19-22-32-93/h45-51,53-65,71-74,117-118,143H,16-44,92-94H2,1-15H3,(H2,95,120)(H2,96,121)(H2,97,126)(H,98,127)(H,99,128)(H,100,119)(H,101,122)(H,102,139)(H,103,129)(H,104,130)(H,105,133)(H,106,131)(H,107,135)(H,108,141)(H,109,132)(H,110,140)(H,111,138)(H,112,123)(H,113,134)(H,114,136)(H,115,137)(H,124,125)/t50-,51-,53-,54-,55-,56-,57-,58-,59-,60-,61-,62-,63-,64+,65-,71-,72-,73-,74-/m0/s1. The van der Waals surface area contributed by atoms with E-state index < -0.39 is 314 Å². The molecule has 22 amide bonds. The summed E-state index contributed by atoms with van der Waals surface area (Å²) in [5.41, 5.74) is 33.4. The van der Waals surface area contributed by atoms with Crippen molar-refractivity contribution >= 4 is 149 Å². The van der Waals surface area contributed by atoms with E-state index >= 15 is 0 Å². The zero-order chi connectivity index (χ0) is 109. The van der Waals surface area contributed by atoms with Crippen molar-refractivity contribution in [3.63, 3.8) is 0 Å². The molecule has 1 fully saturated rings. The molecule has 0 aromatic heterocycles. The smallest absolute Gasteiger partial charge is 0.305 e. The number of nitrogens with zero attached hydrogens (tertiary/aromatic N) is 1. The van der Waals surface area contributed by atoms with Gasteiger partial charge in [0, 0.05) is 25.6 Å². The summed E-state index contributed by atoms with van der Waals surface area (Å²) < 4.78 is 0. The van der Waals surface area contributed by atoms with Gasteiger partial charge in [0.1, 0.15) is 103 Å². The number of carbonyl (C=O) groups excluding carboxylic acids is 22. The van der Waals surface area contributed by atoms with Gasteiger partial charge in [0.05, 0.1) is 39.1 Å². The third-order valence-corrected chi connectivity index (χ3v) is 23.8. The SMILES string of the molecule is CC[C@H](C)[C@H](NC(=O)CNC(=O)[C@H](CC(N)=O)NC(=O)[C@H](CCC(N)=O)NC(=O)CNC(=O)[C@H](CC(C)C)NC(=O)[C@@H](NC(=O)[C@@H](CS)NC(=O)[C@@H]1CCCN1C(=O)[C@@H](NC(=O)[C@H](CO)NC(=O)[C@H](CC(C)C)NC(=O)[C@H](CCCCN)NC(=O)[C@H](CCCCN)NC(C)=O)C(C)C)[C@@H](C)CC)C(=O)N[C@@H](CO)C(=O)N[C@@H](CC(=O)O)C(=O)N[C@@H](CC(C)C)C(=O)N[C@H](C(=O)N[C@@H](CCCCN)C(N)=O)C(C)C. The van der Waals surface area contributed by atoms with E-state index in [0.29, 0.717) is 51.6 Å². The number of hydrogen-bond acceptors (Lipinski definition) is 29. The summed E-state index contributed by atoms with van der Waals surface area (Å²) in [4.78, 5) is 314. The number of amides is 22. The highest BCUT2D eigenvalue weighted by Crippen LogP contribution is 2.23. The highest BCUT2D eigenvalue weighted by molar-refractivity contribution is 7.80. The third-order valence-electron chi connectivity index (χ3n) is 23.4. The van der Waals surface area contributed by atoms with E-state index in [1.807, 2.05) is 0 Å². The van der Waals surface area contributed by atoms with Crippen LogP contribution in [0.1, 0.15) is 232 Å². The van der Waals surface area contributed by atoms with Crippen LogP contribution in [0.5, 0.6) is 0 Å². The molecule has 1 saturated heterocycles. The quantitative estimate of drug-likeness (QED) is 0.0199. The monoisotopic (exact) mass is 2050 g/mol. The number of carboxylic acids is 1. The van der Waals surface area contributed by atoms with E-state index in [2.05, 4.69) is 108 Å². The molecule has 0 radical (unpaired) electrons. The van der Waals surface area contributed by atoms with Gasteiger partial charge in [-0.05, 0) is 157 Å². The van der Waals surface area contributed by atoms with Crippen LogP contribution in [-0.4, -0.2) is 317 Å². The van der Waals surface area contributed by atoms with Crippen LogP contribution >= 0.6 is 12.6 Å². The van der Waals surface area contributed by atoms with Crippen molar-refractivity contribution < 1.29 is 126 Å². The summed E-state index contributed by atoms with van der Waals surface area (Å²) >= 11 is 4.34. The van der Waals surface area contributed by atoms with Crippen molar-refractivity contribution in [3.05, 3.63) is 0 Å². The number of carbonyl (C=O) groups is 23. The van der Waals surface area contributed by atoms with Crippen LogP contribution in [0.15, 0.2) is 0 Å². The van der Waals surface area contributed by atoms with E-state index in [-0.39, 0.29) is 101 Å². The minimum Gasteiger partial charge on any atom is -0.481 e. The zero-order valence-corrected chi connectivity index (χ0v) is 85.8. The number of unbranched alkanes of at least 4 members (excludes halogenated alkanes) is 3. The highest BCUT2D eigenvalue weighted by atomic mass is 32.1. The Kier molecular flexibility index (Phi) is 60.9. The Morgan fingerprint density at radius 1 is 0.357 bits per heavy atom. The molecule has 51 nitrogen and oxygen atoms in total. The number of aliphatic hydroxyl groups excluding tert-OH is 2. The van der Waals surface area contributed by atoms with Crippen LogP contribution in [0.3, 0.4) is 0 Å². The van der Waals surface area contributed by atoms with Crippen LogP contribution in [0.25, 0.3) is 0 Å². The topological polar surface area (TPSA) is 829 Å². The lowest BCUT2D eigenvalue weighted by Gasteiger charge is -2.32. The third kappa shape index (κ3) is 48.3. The second-order valence-corrected chi connectivity index (χ2v) is 38.2. The first-order valence-electron chi connectivity index (χ1n) is 48.8. The molecule has 0 aromatic rings. The molecular weight excluding hydrogens is 1890 g/mol. The van der Waals surface area contributed by atoms with E-state index in [0.717, 1.165) is 0 Å². The second kappa shape index (κ2) is 67.5. The van der Waals surface area contributed by atoms with Gasteiger partial charge in [-0.15, -0.1) is 0 Å². The molecule has 0 saturated carbocycles. The summed E-state index contributed by atoms with van der Waals surface area (Å²) in [6.07, 6.45) is 0.774. The number of aliphatic carboxylic acids is 1. The van der Waals surface area contributed by atoms with Crippen LogP contribution in [0, 0.1) is 41.4 Å². The van der Waals surface area contributed by atoms with Crippen molar-refractivity contribution in [2.75, 3.05) is 58.2 Å². The molecule has 0 bridgehead atoms. The number of carboxylic acid groups (broad SMARTS) is 1. The molecule has 143 heavy (non-hydrogen) atoms. The van der Waals surface area contributed by atoms with Gasteiger partial charge < -0.3 is 150 Å². The van der Waals surface area contributed by atoms with Crippen LogP contribution in [-0.2, 0) is 110 Å². The largest absolute Gasteiger partial charge is 0.481 e. The predicted molar refractivity (Wildman–Crippen MR) is 525 cm³/mol. The van der Waals surface area contributed by atoms with Crippen molar-refractivity contribution in [3.8, 4) is 0 Å². The van der Waals surface area contributed by atoms with Gasteiger partial charge in [-0.2, -0.15) is 12.6 Å². The molecule has 1 heterocycles. The van der Waals surface area contributed by atoms with Crippen molar-refractivity contribution in [2.24, 2.45) is 75.8 Å². The van der Waals surface area contributed by atoms with E-state index in [1.54, 1.807) is 90.0 Å². The average molecular weight is 2050 g/mol. The summed E-state index contributed by atoms with van der Waals surface area (Å²) in [7, 11) is 0.